The molecular weight excluding hydrogens is 213 g/mol. The Bertz CT molecular complexity index is 353. The Labute approximate surface area is 84.3 Å². The summed E-state index contributed by atoms with van der Waals surface area (Å²) in [6, 6.07) is 0.579. The number of aromatic nitrogens is 1. The van der Waals surface area contributed by atoms with E-state index in [9.17, 15) is 17.3 Å². The predicted molar refractivity (Wildman–Crippen MR) is 48.7 cm³/mol. The summed E-state index contributed by atoms with van der Waals surface area (Å²) in [7, 11) is 0. The van der Waals surface area contributed by atoms with Crippen molar-refractivity contribution in [2.45, 2.75) is 20.0 Å². The number of rotatable bonds is 3. The Balaban J connectivity index is 3.06. The van der Waals surface area contributed by atoms with Crippen LogP contribution in [0.25, 0.3) is 0 Å². The highest BCUT2D eigenvalue weighted by atomic mass is 19.4. The number of halogens is 4. The molecule has 0 saturated heterocycles. The van der Waals surface area contributed by atoms with Crippen molar-refractivity contribution in [3.63, 3.8) is 0 Å². The lowest BCUT2D eigenvalue weighted by molar-refractivity contribution is 0.232. The quantitative estimate of drug-likeness (QED) is 0.576. The lowest BCUT2D eigenvalue weighted by atomic mass is 9.80. The third-order valence-electron chi connectivity index (χ3n) is 1.57. The molecule has 2 nitrogen and oxygen atoms in total. The molecule has 0 fully saturated rings. The molecule has 0 unspecified atom stereocenters. The molecule has 0 amide bonds. The zero-order valence-electron chi connectivity index (χ0n) is 8.18. The van der Waals surface area contributed by atoms with Crippen molar-refractivity contribution in [2.24, 2.45) is 0 Å². The molecule has 0 spiro atoms. The molecule has 1 aromatic heterocycles. The van der Waals surface area contributed by atoms with Gasteiger partial charge in [0.15, 0.2) is 0 Å². The molecule has 0 N–H and O–H groups in total. The molecule has 0 aliphatic carbocycles. The summed E-state index contributed by atoms with van der Waals surface area (Å²) in [6.45, 7) is -2.09. The summed E-state index contributed by atoms with van der Waals surface area (Å²) in [4.78, 5) is 3.41. The van der Waals surface area contributed by atoms with Gasteiger partial charge in [-0.3, -0.25) is 0 Å². The first-order valence-corrected chi connectivity index (χ1v) is 4.32. The smallest absolute Gasteiger partial charge is 0.475 e. The van der Waals surface area contributed by atoms with E-state index in [1.54, 1.807) is 13.8 Å². The summed E-state index contributed by atoms with van der Waals surface area (Å²) in [6.07, 6.45) is 0.207. The number of hydrogen-bond donors (Lipinski definition) is 0. The molecule has 1 rings (SSSR count). The highest BCUT2D eigenvalue weighted by molar-refractivity contribution is 6.73. The van der Waals surface area contributed by atoms with E-state index in [4.69, 9.17) is 4.74 Å². The molecule has 0 radical (unpaired) electrons. The monoisotopic (exact) mass is 222 g/mol. The van der Waals surface area contributed by atoms with E-state index in [-0.39, 0.29) is 12.0 Å². The normalized spacial score (nSPS) is 11.9. The maximum absolute atomic E-state index is 12.8. The lowest BCUT2D eigenvalue weighted by Crippen LogP contribution is -2.37. The zero-order chi connectivity index (χ0) is 11.6. The first kappa shape index (κ1) is 11.8. The van der Waals surface area contributed by atoms with Gasteiger partial charge >= 0.3 is 6.98 Å². The largest absolute Gasteiger partial charge is 0.512 e. The fraction of sp³-hybridized carbons (Fsp3) is 0.375. The van der Waals surface area contributed by atoms with E-state index < -0.39 is 18.3 Å². The third-order valence-corrected chi connectivity index (χ3v) is 1.57. The second-order valence-corrected chi connectivity index (χ2v) is 3.29. The Kier molecular flexibility index (Phi) is 3.21. The van der Waals surface area contributed by atoms with Gasteiger partial charge in [0.05, 0.1) is 12.3 Å². The molecule has 84 valence electrons. The first-order chi connectivity index (χ1) is 6.80. The molecule has 1 heterocycles. The molecule has 0 aliphatic heterocycles. The summed E-state index contributed by atoms with van der Waals surface area (Å²) >= 11 is 0. The van der Waals surface area contributed by atoms with Crippen LogP contribution in [-0.4, -0.2) is 18.1 Å². The fourth-order valence-electron chi connectivity index (χ4n) is 0.991. The van der Waals surface area contributed by atoms with Crippen LogP contribution >= 0.6 is 0 Å². The Morgan fingerprint density at radius 2 is 1.93 bits per heavy atom. The van der Waals surface area contributed by atoms with Gasteiger partial charge in [-0.2, -0.15) is 0 Å². The van der Waals surface area contributed by atoms with Crippen LogP contribution in [0.2, 0.25) is 0 Å². The maximum atomic E-state index is 12.8. The standard InChI is InChI=1S/C8H9BF4NO/c1-5(2)15-8-3-6(9(11,12)13)7(10)4-14-8/h3-5H,1-2H3/q-1. The first-order valence-electron chi connectivity index (χ1n) is 4.32. The van der Waals surface area contributed by atoms with Crippen LogP contribution in [0, 0.1) is 5.82 Å². The van der Waals surface area contributed by atoms with Crippen LogP contribution in [-0.2, 0) is 0 Å². The Morgan fingerprint density at radius 1 is 1.33 bits per heavy atom. The summed E-state index contributed by atoms with van der Waals surface area (Å²) in [5.74, 6) is -1.60. The molecule has 0 aliphatic rings. The minimum absolute atomic E-state index is 0.222. The molecule has 7 heteroatoms. The highest BCUT2D eigenvalue weighted by Crippen LogP contribution is 2.15. The SMILES string of the molecule is CC(C)Oc1cc([B-](F)(F)F)c(F)cn1. The Morgan fingerprint density at radius 3 is 2.40 bits per heavy atom. The van der Waals surface area contributed by atoms with Crippen LogP contribution < -0.4 is 10.2 Å². The van der Waals surface area contributed by atoms with Crippen LogP contribution in [0.15, 0.2) is 12.3 Å². The number of pyridine rings is 1. The van der Waals surface area contributed by atoms with E-state index in [0.29, 0.717) is 12.3 Å². The lowest BCUT2D eigenvalue weighted by Gasteiger charge is -2.17. The molecule has 15 heavy (non-hydrogen) atoms. The average Bonchev–Trinajstić information content (AvgIpc) is 2.05. The van der Waals surface area contributed by atoms with E-state index in [1.165, 1.54) is 0 Å². The van der Waals surface area contributed by atoms with E-state index in [1.807, 2.05) is 0 Å². The van der Waals surface area contributed by atoms with Gasteiger partial charge in [0.25, 0.3) is 0 Å². The van der Waals surface area contributed by atoms with E-state index in [2.05, 4.69) is 4.98 Å². The third kappa shape index (κ3) is 3.11. The molecule has 0 atom stereocenters. The zero-order valence-corrected chi connectivity index (χ0v) is 8.18. The second-order valence-electron chi connectivity index (χ2n) is 3.29. The van der Waals surface area contributed by atoms with Crippen molar-refractivity contribution in [2.75, 3.05) is 0 Å². The summed E-state index contributed by atoms with van der Waals surface area (Å²) in [5, 5.41) is 0. The number of nitrogens with zero attached hydrogens (tertiary/aromatic N) is 1. The molecular formula is C8H9BF4NO-. The molecule has 0 saturated carbocycles. The van der Waals surface area contributed by atoms with Gasteiger partial charge in [0.2, 0.25) is 5.88 Å². The minimum Gasteiger partial charge on any atom is -0.475 e. The fourth-order valence-corrected chi connectivity index (χ4v) is 0.991. The van der Waals surface area contributed by atoms with Gasteiger partial charge in [-0.25, -0.2) is 9.37 Å². The van der Waals surface area contributed by atoms with Crippen LogP contribution in [0.1, 0.15) is 13.8 Å². The molecule has 0 aromatic carbocycles. The van der Waals surface area contributed by atoms with Gasteiger partial charge in [0, 0.05) is 0 Å². The van der Waals surface area contributed by atoms with E-state index in [0.717, 1.165) is 0 Å². The highest BCUT2D eigenvalue weighted by Gasteiger charge is 2.29. The molecule has 1 aromatic rings. The summed E-state index contributed by atoms with van der Waals surface area (Å²) < 4.78 is 54.6. The van der Waals surface area contributed by atoms with E-state index >= 15 is 0 Å². The van der Waals surface area contributed by atoms with Crippen LogP contribution in [0.4, 0.5) is 17.3 Å². The topological polar surface area (TPSA) is 22.1 Å². The number of ether oxygens (including phenoxy) is 1. The second kappa shape index (κ2) is 4.08. The van der Waals surface area contributed by atoms with Gasteiger partial charge < -0.3 is 17.7 Å². The van der Waals surface area contributed by atoms with Crippen molar-refractivity contribution < 1.29 is 22.1 Å². The van der Waals surface area contributed by atoms with Crippen molar-refractivity contribution in [3.8, 4) is 5.88 Å². The van der Waals surface area contributed by atoms with Crippen LogP contribution in [0.5, 0.6) is 5.88 Å². The maximum Gasteiger partial charge on any atom is 0.512 e. The van der Waals surface area contributed by atoms with Gasteiger partial charge in [-0.05, 0) is 19.9 Å². The Hall–Kier alpha value is -1.27. The molecule has 0 bridgehead atoms. The van der Waals surface area contributed by atoms with Gasteiger partial charge in [-0.15, -0.1) is 0 Å². The van der Waals surface area contributed by atoms with Crippen LogP contribution in [0.3, 0.4) is 0 Å². The van der Waals surface area contributed by atoms with Crippen molar-refractivity contribution in [3.05, 3.63) is 18.1 Å². The van der Waals surface area contributed by atoms with Gasteiger partial charge in [-0.1, -0.05) is 5.46 Å². The van der Waals surface area contributed by atoms with Crippen molar-refractivity contribution >= 4 is 12.4 Å². The summed E-state index contributed by atoms with van der Waals surface area (Å²) in [5.41, 5.74) is -1.30. The predicted octanol–water partition coefficient (Wildman–Crippen LogP) is 2.06. The van der Waals surface area contributed by atoms with Gasteiger partial charge in [0.1, 0.15) is 5.82 Å². The average molecular weight is 222 g/mol. The van der Waals surface area contributed by atoms with Crippen molar-refractivity contribution in [1.29, 1.82) is 0 Å². The van der Waals surface area contributed by atoms with Crippen molar-refractivity contribution in [1.82, 2.24) is 4.98 Å². The number of hydrogen-bond acceptors (Lipinski definition) is 2. The minimum atomic E-state index is -5.37.